The van der Waals surface area contributed by atoms with Crippen LogP contribution in [0.4, 0.5) is 8.78 Å². The Morgan fingerprint density at radius 2 is 1.93 bits per heavy atom. The average molecular weight is 423 g/mol. The van der Waals surface area contributed by atoms with Crippen LogP contribution in [-0.2, 0) is 21.0 Å². The molecule has 10 heteroatoms. The van der Waals surface area contributed by atoms with E-state index in [1.165, 1.54) is 25.3 Å². The number of alkyl halides is 2. The van der Waals surface area contributed by atoms with Crippen LogP contribution in [0.15, 0.2) is 41.6 Å². The Kier molecular flexibility index (Phi) is 6.89. The molecule has 3 rings (SSSR count). The van der Waals surface area contributed by atoms with Crippen molar-refractivity contribution in [2.75, 3.05) is 20.5 Å². The number of carbonyl (C=O) groups excluding carboxylic acids is 1. The molecule has 2 aromatic carbocycles. The SMILES string of the molecule is COc1cc(COC(=O)CO/N=C(\C)c2ccc3c(c2)OCO3)ccc1OC(F)F. The normalized spacial score (nSPS) is 12.6. The summed E-state index contributed by atoms with van der Waals surface area (Å²) in [7, 11) is 1.32. The molecule has 0 saturated heterocycles. The highest BCUT2D eigenvalue weighted by atomic mass is 19.3. The second kappa shape index (κ2) is 9.77. The minimum absolute atomic E-state index is 0.0988. The number of esters is 1. The van der Waals surface area contributed by atoms with Crippen molar-refractivity contribution < 1.29 is 42.1 Å². The van der Waals surface area contributed by atoms with E-state index >= 15 is 0 Å². The fraction of sp³-hybridized carbons (Fsp3) is 0.300. The van der Waals surface area contributed by atoms with Gasteiger partial charge >= 0.3 is 12.6 Å². The molecule has 0 unspecified atom stereocenters. The average Bonchev–Trinajstić information content (AvgIpc) is 3.20. The molecule has 1 heterocycles. The van der Waals surface area contributed by atoms with E-state index in [1.54, 1.807) is 25.1 Å². The maximum absolute atomic E-state index is 12.3. The number of hydrogen-bond acceptors (Lipinski definition) is 8. The molecule has 0 N–H and O–H groups in total. The largest absolute Gasteiger partial charge is 0.493 e. The van der Waals surface area contributed by atoms with Gasteiger partial charge in [-0.15, -0.1) is 0 Å². The summed E-state index contributed by atoms with van der Waals surface area (Å²) in [5, 5.41) is 3.89. The summed E-state index contributed by atoms with van der Waals surface area (Å²) >= 11 is 0. The van der Waals surface area contributed by atoms with Crippen molar-refractivity contribution in [1.29, 1.82) is 0 Å². The number of carbonyl (C=O) groups is 1. The van der Waals surface area contributed by atoms with E-state index in [9.17, 15) is 13.6 Å². The molecule has 0 aromatic heterocycles. The van der Waals surface area contributed by atoms with Gasteiger partial charge in [-0.05, 0) is 42.8 Å². The lowest BCUT2D eigenvalue weighted by Crippen LogP contribution is -2.11. The molecule has 2 aromatic rings. The lowest BCUT2D eigenvalue weighted by molar-refractivity contribution is -0.150. The monoisotopic (exact) mass is 423 g/mol. The Bertz CT molecular complexity index is 933. The zero-order valence-electron chi connectivity index (χ0n) is 16.2. The zero-order valence-corrected chi connectivity index (χ0v) is 16.2. The molecule has 1 aliphatic heterocycles. The van der Waals surface area contributed by atoms with E-state index in [0.29, 0.717) is 22.8 Å². The summed E-state index contributed by atoms with van der Waals surface area (Å²) < 4.78 is 49.7. The second-order valence-corrected chi connectivity index (χ2v) is 6.04. The number of hydrogen-bond donors (Lipinski definition) is 0. The summed E-state index contributed by atoms with van der Waals surface area (Å²) in [5.41, 5.74) is 1.83. The van der Waals surface area contributed by atoms with Gasteiger partial charge in [-0.1, -0.05) is 11.2 Å². The van der Waals surface area contributed by atoms with Crippen LogP contribution in [0.25, 0.3) is 0 Å². The first-order valence-electron chi connectivity index (χ1n) is 8.80. The molecule has 30 heavy (non-hydrogen) atoms. The Hall–Kier alpha value is -3.56. The van der Waals surface area contributed by atoms with E-state index in [-0.39, 0.29) is 24.9 Å². The number of halogens is 2. The number of methoxy groups -OCH3 is 1. The van der Waals surface area contributed by atoms with Crippen molar-refractivity contribution in [3.8, 4) is 23.0 Å². The van der Waals surface area contributed by atoms with Gasteiger partial charge in [0.2, 0.25) is 13.4 Å². The Morgan fingerprint density at radius 1 is 1.13 bits per heavy atom. The maximum atomic E-state index is 12.3. The Labute approximate surface area is 170 Å². The summed E-state index contributed by atoms with van der Waals surface area (Å²) in [6.07, 6.45) is 0. The quantitative estimate of drug-likeness (QED) is 0.347. The van der Waals surface area contributed by atoms with Gasteiger partial charge in [0.05, 0.1) is 12.8 Å². The fourth-order valence-corrected chi connectivity index (χ4v) is 2.56. The molecule has 160 valence electrons. The molecule has 0 spiro atoms. The number of rotatable bonds is 9. The molecule has 0 radical (unpaired) electrons. The van der Waals surface area contributed by atoms with Crippen molar-refractivity contribution >= 4 is 11.7 Å². The van der Waals surface area contributed by atoms with E-state index in [4.69, 9.17) is 23.8 Å². The fourth-order valence-electron chi connectivity index (χ4n) is 2.56. The van der Waals surface area contributed by atoms with Crippen LogP contribution in [0.5, 0.6) is 23.0 Å². The molecule has 0 saturated carbocycles. The molecular weight excluding hydrogens is 404 g/mol. The highest BCUT2D eigenvalue weighted by Crippen LogP contribution is 2.32. The van der Waals surface area contributed by atoms with Gasteiger partial charge in [-0.25, -0.2) is 4.79 Å². The predicted octanol–water partition coefficient (Wildman–Crippen LogP) is 3.51. The summed E-state index contributed by atoms with van der Waals surface area (Å²) in [6, 6.07) is 9.55. The first kappa shape index (κ1) is 21.2. The van der Waals surface area contributed by atoms with Crippen molar-refractivity contribution in [3.63, 3.8) is 0 Å². The zero-order chi connectivity index (χ0) is 21.5. The smallest absolute Gasteiger partial charge is 0.387 e. The van der Waals surface area contributed by atoms with E-state index < -0.39 is 19.2 Å². The van der Waals surface area contributed by atoms with Crippen LogP contribution in [0.1, 0.15) is 18.1 Å². The molecule has 1 aliphatic rings. The van der Waals surface area contributed by atoms with E-state index in [0.717, 1.165) is 5.56 Å². The predicted molar refractivity (Wildman–Crippen MR) is 100 cm³/mol. The van der Waals surface area contributed by atoms with Crippen molar-refractivity contribution in [2.45, 2.75) is 20.1 Å². The molecule has 0 amide bonds. The number of benzene rings is 2. The Morgan fingerprint density at radius 3 is 2.70 bits per heavy atom. The topological polar surface area (TPSA) is 84.8 Å². The van der Waals surface area contributed by atoms with Crippen LogP contribution in [0.3, 0.4) is 0 Å². The highest BCUT2D eigenvalue weighted by molar-refractivity contribution is 5.99. The summed E-state index contributed by atoms with van der Waals surface area (Å²) in [6.45, 7) is -1.57. The van der Waals surface area contributed by atoms with E-state index in [1.807, 2.05) is 0 Å². The number of oxime groups is 1. The molecular formula is C20H19F2NO7. The minimum Gasteiger partial charge on any atom is -0.493 e. The standard InChI is InChI=1S/C20H19F2NO7/c1-12(14-4-6-15-18(8-14)28-11-27-15)23-29-10-19(24)26-9-13-3-5-16(30-20(21)22)17(7-13)25-2/h3-8,20H,9-11H2,1-2H3/b23-12+. The summed E-state index contributed by atoms with van der Waals surface area (Å²) in [5.74, 6) is 0.607. The van der Waals surface area contributed by atoms with Crippen LogP contribution in [0, 0.1) is 0 Å². The second-order valence-electron chi connectivity index (χ2n) is 6.04. The van der Waals surface area contributed by atoms with Gasteiger partial charge < -0.3 is 28.5 Å². The molecule has 0 fully saturated rings. The van der Waals surface area contributed by atoms with Crippen LogP contribution >= 0.6 is 0 Å². The van der Waals surface area contributed by atoms with Crippen molar-refractivity contribution in [2.24, 2.45) is 5.16 Å². The van der Waals surface area contributed by atoms with Gasteiger partial charge in [0.25, 0.3) is 0 Å². The first-order valence-corrected chi connectivity index (χ1v) is 8.80. The van der Waals surface area contributed by atoms with E-state index in [2.05, 4.69) is 9.89 Å². The Balaban J connectivity index is 1.48. The van der Waals surface area contributed by atoms with Crippen molar-refractivity contribution in [3.05, 3.63) is 47.5 Å². The van der Waals surface area contributed by atoms with Gasteiger partial charge in [0.1, 0.15) is 6.61 Å². The van der Waals surface area contributed by atoms with Crippen molar-refractivity contribution in [1.82, 2.24) is 0 Å². The van der Waals surface area contributed by atoms with Gasteiger partial charge in [0.15, 0.2) is 23.0 Å². The maximum Gasteiger partial charge on any atom is 0.387 e. The molecule has 0 bridgehead atoms. The third-order valence-electron chi connectivity index (χ3n) is 4.02. The first-order chi connectivity index (χ1) is 14.5. The molecule has 0 aliphatic carbocycles. The number of nitrogens with zero attached hydrogens (tertiary/aromatic N) is 1. The van der Waals surface area contributed by atoms with Crippen LogP contribution in [0.2, 0.25) is 0 Å². The third-order valence-corrected chi connectivity index (χ3v) is 4.02. The van der Waals surface area contributed by atoms with Crippen LogP contribution in [-0.4, -0.2) is 38.8 Å². The van der Waals surface area contributed by atoms with Gasteiger partial charge in [0, 0.05) is 5.56 Å². The minimum atomic E-state index is -2.97. The molecule has 8 nitrogen and oxygen atoms in total. The highest BCUT2D eigenvalue weighted by Gasteiger charge is 2.15. The molecule has 0 atom stereocenters. The third kappa shape index (κ3) is 5.49. The lowest BCUT2D eigenvalue weighted by atomic mass is 10.1. The van der Waals surface area contributed by atoms with Gasteiger partial charge in [-0.3, -0.25) is 0 Å². The van der Waals surface area contributed by atoms with Crippen LogP contribution < -0.4 is 18.9 Å². The number of ether oxygens (including phenoxy) is 5. The number of fused-ring (bicyclic) bond motifs is 1. The van der Waals surface area contributed by atoms with Gasteiger partial charge in [-0.2, -0.15) is 8.78 Å². The summed E-state index contributed by atoms with van der Waals surface area (Å²) in [4.78, 5) is 16.9. The lowest BCUT2D eigenvalue weighted by Gasteiger charge is -2.11.